The standard InChI is InChI=1S/C17H20BrN3O.C13H13BrN2.C4H7NO.C2H3N/c1-11(2)20-17(22)21-7-5-12(6-8-21)14-3-4-16-15(14)9-13(18)10-19-16;14-10-7-12-11(1-2-13(12)16-8-10)9-3-5-15-6-4-9;1-4(2)6-3-5;1-2-3/h3,5,9-11H,4,6-8H2,1-2H3,(H,20,22);1,3,7-8,15H,2,4-6H2;4H,1-2H3;1H3. The molecule has 0 unspecified atom stereocenters. The first kappa shape index (κ1) is 37.7. The van der Waals surface area contributed by atoms with Crippen molar-refractivity contribution >= 4 is 49.0 Å². The molecule has 0 saturated heterocycles. The number of allylic oxidation sites excluding steroid dienone is 4. The number of pyridine rings is 2. The van der Waals surface area contributed by atoms with Crippen LogP contribution < -0.4 is 10.6 Å². The van der Waals surface area contributed by atoms with Crippen molar-refractivity contribution < 1.29 is 9.53 Å². The fourth-order valence-corrected chi connectivity index (χ4v) is 6.02. The van der Waals surface area contributed by atoms with Crippen molar-refractivity contribution in [1.29, 1.82) is 10.5 Å². The molecular weight excluding hydrogens is 722 g/mol. The van der Waals surface area contributed by atoms with Crippen LogP contribution in [0.25, 0.3) is 11.1 Å². The van der Waals surface area contributed by atoms with Gasteiger partial charge >= 0.3 is 6.03 Å². The van der Waals surface area contributed by atoms with Gasteiger partial charge < -0.3 is 20.3 Å². The van der Waals surface area contributed by atoms with Gasteiger partial charge in [0.25, 0.3) is 6.26 Å². The van der Waals surface area contributed by atoms with E-state index in [0.717, 1.165) is 60.0 Å². The zero-order chi connectivity index (χ0) is 34.3. The molecule has 0 bridgehead atoms. The fraction of sp³-hybridized carbons (Fsp3) is 0.417. The molecule has 2 aliphatic heterocycles. The van der Waals surface area contributed by atoms with Gasteiger partial charge in [-0.1, -0.05) is 24.3 Å². The van der Waals surface area contributed by atoms with Crippen molar-refractivity contribution in [2.24, 2.45) is 0 Å². The molecule has 0 saturated carbocycles. The Bertz CT molecular complexity index is 1610. The first-order valence-electron chi connectivity index (χ1n) is 15.8. The summed E-state index contributed by atoms with van der Waals surface area (Å²) in [6.45, 7) is 12.5. The second kappa shape index (κ2) is 19.1. The normalized spacial score (nSPS) is 15.7. The monoisotopic (exact) mass is 763 g/mol. The van der Waals surface area contributed by atoms with Gasteiger partial charge in [-0.3, -0.25) is 9.97 Å². The Morgan fingerprint density at radius 3 is 1.89 bits per heavy atom. The number of nitrogens with one attached hydrogen (secondary N) is 2. The van der Waals surface area contributed by atoms with E-state index in [4.69, 9.17) is 10.5 Å². The number of aromatic nitrogens is 2. The number of urea groups is 1. The molecule has 6 rings (SSSR count). The third-order valence-electron chi connectivity index (χ3n) is 7.41. The SMILES string of the molecule is Brc1cnc2c(c1)C(C1=CCNCC1)=CC2.CC#N.CC(C)NC(=O)N1CC=C(C2=CCc3ncc(Br)cc32)CC1.CC(C)OC#N. The number of halogens is 2. The van der Waals surface area contributed by atoms with E-state index in [1.807, 2.05) is 45.0 Å². The van der Waals surface area contributed by atoms with E-state index in [1.54, 1.807) is 12.3 Å². The number of rotatable bonds is 4. The van der Waals surface area contributed by atoms with Crippen LogP contribution in [0.2, 0.25) is 0 Å². The molecule has 4 heterocycles. The molecule has 2 aromatic heterocycles. The lowest BCUT2D eigenvalue weighted by Gasteiger charge is -2.28. The van der Waals surface area contributed by atoms with Gasteiger partial charge in [0.15, 0.2) is 0 Å². The number of hydrogen-bond acceptors (Lipinski definition) is 7. The second-order valence-corrected chi connectivity index (χ2v) is 13.5. The van der Waals surface area contributed by atoms with E-state index >= 15 is 0 Å². The predicted molar refractivity (Wildman–Crippen MR) is 194 cm³/mol. The van der Waals surface area contributed by atoms with Gasteiger partial charge in [0.1, 0.15) is 6.10 Å². The lowest BCUT2D eigenvalue weighted by atomic mass is 9.96. The average Bonchev–Trinajstić information content (AvgIpc) is 3.66. The van der Waals surface area contributed by atoms with Gasteiger partial charge in [-0.2, -0.15) is 10.5 Å². The number of carbonyl (C=O) groups is 1. The first-order chi connectivity index (χ1) is 22.6. The Labute approximate surface area is 295 Å². The number of amides is 2. The Morgan fingerprint density at radius 1 is 0.936 bits per heavy atom. The quantitative estimate of drug-likeness (QED) is 0.306. The molecule has 2 aromatic rings. The summed E-state index contributed by atoms with van der Waals surface area (Å²) in [6.07, 6.45) is 18.2. The van der Waals surface area contributed by atoms with Gasteiger partial charge in [0, 0.05) is 77.9 Å². The Kier molecular flexibility index (Phi) is 15.4. The largest absolute Gasteiger partial charge is 0.425 e. The molecule has 47 heavy (non-hydrogen) atoms. The molecule has 248 valence electrons. The first-order valence-corrected chi connectivity index (χ1v) is 17.4. The van der Waals surface area contributed by atoms with E-state index in [1.165, 1.54) is 46.0 Å². The van der Waals surface area contributed by atoms with Crippen LogP contribution in [0.15, 0.2) is 68.9 Å². The number of carbonyl (C=O) groups excluding carboxylic acids is 1. The summed E-state index contributed by atoms with van der Waals surface area (Å²) in [7, 11) is 0. The van der Waals surface area contributed by atoms with Crippen molar-refractivity contribution in [2.75, 3.05) is 26.2 Å². The minimum atomic E-state index is 0.0236. The number of fused-ring (bicyclic) bond motifs is 2. The van der Waals surface area contributed by atoms with E-state index < -0.39 is 0 Å². The molecule has 0 spiro atoms. The zero-order valence-corrected chi connectivity index (χ0v) is 30.9. The third-order valence-corrected chi connectivity index (χ3v) is 8.27. The minimum Gasteiger partial charge on any atom is -0.425 e. The summed E-state index contributed by atoms with van der Waals surface area (Å²) in [5.74, 6) is 0. The number of nitrogens with zero attached hydrogens (tertiary/aromatic N) is 5. The van der Waals surface area contributed by atoms with Crippen LogP contribution in [0.4, 0.5) is 4.79 Å². The minimum absolute atomic E-state index is 0.0236. The van der Waals surface area contributed by atoms with Crippen LogP contribution in [0.5, 0.6) is 0 Å². The summed E-state index contributed by atoms with van der Waals surface area (Å²) in [6, 6.07) is 6.27. The maximum absolute atomic E-state index is 12.0. The van der Waals surface area contributed by atoms with Crippen LogP contribution in [-0.2, 0) is 17.6 Å². The van der Waals surface area contributed by atoms with Crippen molar-refractivity contribution in [2.45, 2.75) is 72.4 Å². The van der Waals surface area contributed by atoms with Crippen molar-refractivity contribution in [3.05, 3.63) is 91.4 Å². The van der Waals surface area contributed by atoms with Crippen molar-refractivity contribution in [3.8, 4) is 12.3 Å². The summed E-state index contributed by atoms with van der Waals surface area (Å²) < 4.78 is 6.42. The number of ether oxygens (including phenoxy) is 1. The molecule has 2 aliphatic carbocycles. The predicted octanol–water partition coefficient (Wildman–Crippen LogP) is 7.66. The van der Waals surface area contributed by atoms with Gasteiger partial charge in [-0.15, -0.1) is 0 Å². The molecule has 2 amide bonds. The van der Waals surface area contributed by atoms with Crippen molar-refractivity contribution in [3.63, 3.8) is 0 Å². The van der Waals surface area contributed by atoms with Gasteiger partial charge in [0.05, 0.1) is 17.5 Å². The summed E-state index contributed by atoms with van der Waals surface area (Å²) in [4.78, 5) is 22.8. The highest BCUT2D eigenvalue weighted by molar-refractivity contribution is 9.10. The highest BCUT2D eigenvalue weighted by atomic mass is 79.9. The Hall–Kier alpha value is -3.77. The topological polar surface area (TPSA) is 127 Å². The van der Waals surface area contributed by atoms with Gasteiger partial charge in [0.2, 0.25) is 0 Å². The molecule has 11 heteroatoms. The average molecular weight is 766 g/mol. The molecule has 0 radical (unpaired) electrons. The van der Waals surface area contributed by atoms with Crippen LogP contribution in [0, 0.1) is 22.8 Å². The maximum Gasteiger partial charge on any atom is 0.317 e. The van der Waals surface area contributed by atoms with Crippen LogP contribution in [0.3, 0.4) is 0 Å². The third kappa shape index (κ3) is 11.5. The van der Waals surface area contributed by atoms with Crippen molar-refractivity contribution in [1.82, 2.24) is 25.5 Å². The van der Waals surface area contributed by atoms with Crippen LogP contribution in [-0.4, -0.2) is 59.2 Å². The molecule has 2 N–H and O–H groups in total. The summed E-state index contributed by atoms with van der Waals surface area (Å²) in [5, 5.41) is 21.4. The van der Waals surface area contributed by atoms with E-state index in [9.17, 15) is 4.79 Å². The smallest absolute Gasteiger partial charge is 0.317 e. The molecule has 9 nitrogen and oxygen atoms in total. The lowest BCUT2D eigenvalue weighted by molar-refractivity contribution is 0.198. The van der Waals surface area contributed by atoms with Gasteiger partial charge in [-0.05, 0) is 113 Å². The zero-order valence-electron chi connectivity index (χ0n) is 27.7. The van der Waals surface area contributed by atoms with Crippen LogP contribution in [0.1, 0.15) is 70.0 Å². The Balaban J connectivity index is 0.000000209. The van der Waals surface area contributed by atoms with E-state index in [0.29, 0.717) is 6.54 Å². The van der Waals surface area contributed by atoms with Crippen LogP contribution >= 0.6 is 31.9 Å². The highest BCUT2D eigenvalue weighted by Gasteiger charge is 2.24. The summed E-state index contributed by atoms with van der Waals surface area (Å²) in [5.41, 5.74) is 10.3. The molecule has 0 atom stereocenters. The fourth-order valence-electron chi connectivity index (χ4n) is 5.36. The molecule has 0 fully saturated rings. The number of hydrogen-bond donors (Lipinski definition) is 2. The lowest BCUT2D eigenvalue weighted by Crippen LogP contribution is -2.44. The maximum atomic E-state index is 12.0. The van der Waals surface area contributed by atoms with E-state index in [2.05, 4.69) is 93.6 Å². The van der Waals surface area contributed by atoms with Gasteiger partial charge in [-0.25, -0.2) is 4.79 Å². The molecule has 0 aromatic carbocycles. The molecule has 4 aliphatic rings. The Morgan fingerprint density at radius 2 is 1.49 bits per heavy atom. The molecular formula is C36H43Br2N7O2. The highest BCUT2D eigenvalue weighted by Crippen LogP contribution is 2.36. The van der Waals surface area contributed by atoms with E-state index in [-0.39, 0.29) is 18.2 Å². The number of nitriles is 2. The summed E-state index contributed by atoms with van der Waals surface area (Å²) >= 11 is 6.99. The second-order valence-electron chi connectivity index (χ2n) is 11.6.